The van der Waals surface area contributed by atoms with Crippen LogP contribution >= 0.6 is 0 Å². The minimum absolute atomic E-state index is 0.00773. The Hall–Kier alpha value is -6.50. The predicted octanol–water partition coefficient (Wildman–Crippen LogP) is 6.26. The number of imide groups is 2. The molecule has 17 nitrogen and oxygen atoms in total. The lowest BCUT2D eigenvalue weighted by molar-refractivity contribution is -0.136. The van der Waals surface area contributed by atoms with Gasteiger partial charge in [-0.05, 0) is 107 Å². The zero-order valence-electron chi connectivity index (χ0n) is 42.4. The van der Waals surface area contributed by atoms with Gasteiger partial charge in [-0.1, -0.05) is 69.9 Å². The van der Waals surface area contributed by atoms with Crippen molar-refractivity contribution < 1.29 is 52.7 Å². The highest BCUT2D eigenvalue weighted by Gasteiger charge is 2.47. The molecule has 0 aliphatic carbocycles. The average Bonchev–Trinajstić information content (AvgIpc) is 3.89. The van der Waals surface area contributed by atoms with Crippen LogP contribution in [0.1, 0.15) is 110 Å². The van der Waals surface area contributed by atoms with E-state index in [1.165, 1.54) is 39.4 Å². The van der Waals surface area contributed by atoms with Gasteiger partial charge in [0.1, 0.15) is 31.6 Å². The van der Waals surface area contributed by atoms with Crippen LogP contribution in [0, 0.1) is 27.7 Å². The van der Waals surface area contributed by atoms with E-state index in [4.69, 9.17) is 28.4 Å². The molecular weight excluding hydrogens is 933 g/mol. The van der Waals surface area contributed by atoms with E-state index in [2.05, 4.69) is 104 Å². The Balaban J connectivity index is 0.713. The fourth-order valence-electron chi connectivity index (χ4n) is 11.0. The first-order chi connectivity index (χ1) is 35.2. The quantitative estimate of drug-likeness (QED) is 0.0584. The smallest absolute Gasteiger partial charge is 0.266 e. The Morgan fingerprint density at radius 3 is 1.99 bits per heavy atom. The molecule has 5 heterocycles. The molecule has 0 bridgehead atoms. The van der Waals surface area contributed by atoms with Crippen molar-refractivity contribution in [3.8, 4) is 17.2 Å². The van der Waals surface area contributed by atoms with Gasteiger partial charge in [-0.15, -0.1) is 5.10 Å². The summed E-state index contributed by atoms with van der Waals surface area (Å²) >= 11 is 0. The van der Waals surface area contributed by atoms with Gasteiger partial charge in [-0.3, -0.25) is 34.3 Å². The molecule has 2 fully saturated rings. The molecule has 0 spiro atoms. The number of aromatic nitrogens is 3. The molecule has 4 unspecified atom stereocenters. The highest BCUT2D eigenvalue weighted by molar-refractivity contribution is 6.24. The maximum absolute atomic E-state index is 13.3. The second kappa shape index (κ2) is 22.7. The summed E-state index contributed by atoms with van der Waals surface area (Å²) in [6.07, 6.45) is 4.44. The van der Waals surface area contributed by atoms with Gasteiger partial charge >= 0.3 is 0 Å². The molecule has 4 aliphatic rings. The van der Waals surface area contributed by atoms with E-state index < -0.39 is 35.3 Å². The summed E-state index contributed by atoms with van der Waals surface area (Å²) in [7, 11) is 0. The maximum Gasteiger partial charge on any atom is 0.266 e. The van der Waals surface area contributed by atoms with Crippen molar-refractivity contribution in [2.75, 3.05) is 52.8 Å². The third-order valence-corrected chi connectivity index (χ3v) is 14.0. The number of hydrogen-bond donors (Lipinski definition) is 2. The van der Waals surface area contributed by atoms with E-state index >= 15 is 0 Å². The number of rotatable bonds is 22. The molecule has 2 saturated heterocycles. The molecule has 0 radical (unpaired) electrons. The van der Waals surface area contributed by atoms with Crippen LogP contribution in [0.3, 0.4) is 0 Å². The normalized spacial score (nSPS) is 20.7. The lowest BCUT2D eigenvalue weighted by Crippen LogP contribution is -2.54. The fourth-order valence-corrected chi connectivity index (χ4v) is 11.0. The first-order valence-corrected chi connectivity index (χ1v) is 25.3. The Labute approximate surface area is 426 Å². The number of ether oxygens (including phenoxy) is 6. The third kappa shape index (κ3) is 12.3. The van der Waals surface area contributed by atoms with E-state index in [9.17, 15) is 24.3 Å². The van der Waals surface area contributed by atoms with Gasteiger partial charge in [0.15, 0.2) is 11.5 Å². The number of aliphatic hydroxyl groups is 1. The van der Waals surface area contributed by atoms with Crippen molar-refractivity contribution in [2.45, 2.75) is 117 Å². The van der Waals surface area contributed by atoms with Gasteiger partial charge in [0.2, 0.25) is 11.8 Å². The van der Waals surface area contributed by atoms with Gasteiger partial charge in [0.05, 0.1) is 68.6 Å². The SMILES string of the molecule is Cc1cc(C)cc(COc2cc3c(cc2OCc2cc(C)cc(C)c2)C2CC(O)(Cc4cn(CCOCCOCCOCCOc5cccc6c5C(=O)N(C5CCC(=O)NC5=O)C6=O)nn4)CC(C)N2CC3)c1. The van der Waals surface area contributed by atoms with Crippen molar-refractivity contribution in [1.29, 1.82) is 0 Å². The third-order valence-electron chi connectivity index (χ3n) is 14.0. The van der Waals surface area contributed by atoms with Gasteiger partial charge < -0.3 is 33.5 Å². The van der Waals surface area contributed by atoms with Crippen LogP contribution < -0.4 is 19.5 Å². The molecule has 17 heteroatoms. The molecule has 73 heavy (non-hydrogen) atoms. The number of carbonyl (C=O) groups is 4. The van der Waals surface area contributed by atoms with Gasteiger partial charge in [0.25, 0.3) is 11.8 Å². The summed E-state index contributed by atoms with van der Waals surface area (Å²) in [6.45, 7) is 15.0. The average molecular weight is 999 g/mol. The number of carbonyl (C=O) groups excluding carboxylic acids is 4. The Kier molecular flexibility index (Phi) is 16.0. The standard InChI is InChI=1S/C56H66N6O11/c1-35-21-36(2)24-40(23-35)33-72-49-27-42-11-12-61-39(5)29-56(67,31-47(61)45(42)28-50(49)73-34-41-25-37(3)22-38(4)26-41)30-43-32-60(59-58-43)13-14-68-15-16-69-17-18-70-19-20-71-48-8-6-7-44-52(48)55(66)62(54(44)65)46-9-10-51(63)57-53(46)64/h6-8,21-28,32,39,46-47,67H,9-20,29-31,33-34H2,1-5H3,(H,57,63,64). The maximum atomic E-state index is 13.3. The highest BCUT2D eigenvalue weighted by atomic mass is 16.6. The fraction of sp³-hybridized carbons (Fsp3) is 0.464. The molecule has 2 N–H and O–H groups in total. The molecule has 4 amide bonds. The predicted molar refractivity (Wildman–Crippen MR) is 269 cm³/mol. The summed E-state index contributed by atoms with van der Waals surface area (Å²) < 4.78 is 37.9. The number of amides is 4. The Morgan fingerprint density at radius 2 is 1.33 bits per heavy atom. The number of nitrogens with one attached hydrogen (secondary N) is 1. The van der Waals surface area contributed by atoms with E-state index in [0.717, 1.165) is 40.4 Å². The molecule has 9 rings (SSSR count). The first-order valence-electron chi connectivity index (χ1n) is 25.3. The summed E-state index contributed by atoms with van der Waals surface area (Å²) in [5.74, 6) is -0.667. The van der Waals surface area contributed by atoms with Crippen LogP contribution in [0.5, 0.6) is 17.2 Å². The van der Waals surface area contributed by atoms with Crippen LogP contribution in [0.4, 0.5) is 0 Å². The van der Waals surface area contributed by atoms with E-state index in [1.54, 1.807) is 16.8 Å². The summed E-state index contributed by atoms with van der Waals surface area (Å²) in [4.78, 5) is 53.8. The highest BCUT2D eigenvalue weighted by Crippen LogP contribution is 2.47. The minimum atomic E-state index is -1.05. The number of nitrogens with zero attached hydrogens (tertiary/aromatic N) is 5. The summed E-state index contributed by atoms with van der Waals surface area (Å²) in [6, 6.07) is 21.1. The topological polar surface area (TPSA) is 193 Å². The van der Waals surface area contributed by atoms with Crippen LogP contribution in [0.15, 0.2) is 72.9 Å². The summed E-state index contributed by atoms with van der Waals surface area (Å²) in [5.41, 5.74) is 9.38. The Bertz CT molecular complexity index is 2810. The zero-order chi connectivity index (χ0) is 51.2. The van der Waals surface area contributed by atoms with Crippen molar-refractivity contribution in [3.05, 3.63) is 134 Å². The molecule has 1 aromatic heterocycles. The number of aryl methyl sites for hydroxylation is 4. The number of benzene rings is 4. The first kappa shape index (κ1) is 51.4. The van der Waals surface area contributed by atoms with Crippen molar-refractivity contribution in [2.24, 2.45) is 0 Å². The largest absolute Gasteiger partial charge is 0.490 e. The van der Waals surface area contributed by atoms with Crippen LogP contribution in [-0.2, 0) is 56.4 Å². The second-order valence-corrected chi connectivity index (χ2v) is 20.0. The van der Waals surface area contributed by atoms with Crippen molar-refractivity contribution >= 4 is 23.6 Å². The van der Waals surface area contributed by atoms with E-state index in [0.29, 0.717) is 77.8 Å². The number of hydrogen-bond acceptors (Lipinski definition) is 14. The van der Waals surface area contributed by atoms with Crippen LogP contribution in [-0.4, -0.2) is 124 Å². The number of piperidine rings is 2. The molecule has 5 aromatic rings. The molecule has 4 aromatic carbocycles. The van der Waals surface area contributed by atoms with E-state index in [-0.39, 0.29) is 55.0 Å². The van der Waals surface area contributed by atoms with Gasteiger partial charge in [-0.2, -0.15) is 0 Å². The molecule has 0 saturated carbocycles. The minimum Gasteiger partial charge on any atom is -0.490 e. The molecular formula is C56H66N6O11. The lowest BCUT2D eigenvalue weighted by atomic mass is 9.75. The lowest BCUT2D eigenvalue weighted by Gasteiger charge is -2.50. The second-order valence-electron chi connectivity index (χ2n) is 20.0. The van der Waals surface area contributed by atoms with Gasteiger partial charge in [0, 0.05) is 37.7 Å². The Morgan fingerprint density at radius 1 is 0.699 bits per heavy atom. The van der Waals surface area contributed by atoms with Crippen molar-refractivity contribution in [1.82, 2.24) is 30.1 Å². The summed E-state index contributed by atoms with van der Waals surface area (Å²) in [5, 5.41) is 23.3. The van der Waals surface area contributed by atoms with E-state index in [1.807, 2.05) is 6.20 Å². The number of fused-ring (bicyclic) bond motifs is 4. The van der Waals surface area contributed by atoms with Gasteiger partial charge in [-0.25, -0.2) is 4.68 Å². The zero-order valence-corrected chi connectivity index (χ0v) is 42.4. The van der Waals surface area contributed by atoms with Crippen molar-refractivity contribution in [3.63, 3.8) is 0 Å². The molecule has 4 aliphatic heterocycles. The van der Waals surface area contributed by atoms with Crippen LogP contribution in [0.2, 0.25) is 0 Å². The molecule has 4 atom stereocenters. The van der Waals surface area contributed by atoms with Crippen LogP contribution in [0.25, 0.3) is 0 Å². The molecule has 386 valence electrons. The monoisotopic (exact) mass is 998 g/mol.